The van der Waals surface area contributed by atoms with Crippen molar-refractivity contribution in [3.05, 3.63) is 34.9 Å². The van der Waals surface area contributed by atoms with Gasteiger partial charge in [-0.05, 0) is 30.4 Å². The minimum absolute atomic E-state index is 0.0984. The minimum Gasteiger partial charge on any atom is -0.492 e. The van der Waals surface area contributed by atoms with E-state index in [2.05, 4.69) is 28.8 Å². The Kier molecular flexibility index (Phi) is 4.29. The first-order valence-corrected chi connectivity index (χ1v) is 9.73. The average Bonchev–Trinajstić information content (AvgIpc) is 3.27. The van der Waals surface area contributed by atoms with Gasteiger partial charge >= 0.3 is 0 Å². The number of aromatic nitrogens is 3. The van der Waals surface area contributed by atoms with E-state index in [0.717, 1.165) is 40.9 Å². The molecular formula is C18H24N4O2S. The molecule has 0 aromatic carbocycles. The summed E-state index contributed by atoms with van der Waals surface area (Å²) in [6.45, 7) is 8.57. The maximum atomic E-state index is 10.8. The summed E-state index contributed by atoms with van der Waals surface area (Å²) >= 11 is 1.50. The van der Waals surface area contributed by atoms with E-state index >= 15 is 0 Å². The molecule has 0 bridgehead atoms. The second-order valence-electron chi connectivity index (χ2n) is 7.18. The number of nitrogens with zero attached hydrogens (tertiary/aromatic N) is 4. The molecule has 0 unspecified atom stereocenters. The second-order valence-corrected chi connectivity index (χ2v) is 8.19. The molecule has 3 aromatic heterocycles. The molecule has 4 heterocycles. The molecule has 0 spiro atoms. The molecule has 0 amide bonds. The number of aryl methyl sites for hydroxylation is 1. The Morgan fingerprint density at radius 3 is 2.72 bits per heavy atom. The molecule has 6 nitrogen and oxygen atoms in total. The Balaban J connectivity index is 1.78. The van der Waals surface area contributed by atoms with Crippen molar-refractivity contribution >= 4 is 16.3 Å². The topological polar surface area (TPSA) is 66.8 Å². The van der Waals surface area contributed by atoms with Crippen LogP contribution >= 0.6 is 11.3 Å². The largest absolute Gasteiger partial charge is 0.492 e. The Morgan fingerprint density at radius 1 is 1.36 bits per heavy atom. The van der Waals surface area contributed by atoms with Crippen molar-refractivity contribution in [1.82, 2.24) is 19.5 Å². The zero-order valence-electron chi connectivity index (χ0n) is 14.8. The smallest absolute Gasteiger partial charge is 0.230 e. The van der Waals surface area contributed by atoms with Gasteiger partial charge < -0.3 is 9.52 Å². The number of rotatable bonds is 4. The molecule has 1 aliphatic heterocycles. The highest BCUT2D eigenvalue weighted by Gasteiger charge is 2.35. The molecular weight excluding hydrogens is 336 g/mol. The summed E-state index contributed by atoms with van der Waals surface area (Å²) in [5, 5.41) is 15.2. The van der Waals surface area contributed by atoms with E-state index in [1.165, 1.54) is 17.8 Å². The van der Waals surface area contributed by atoms with Gasteiger partial charge in [-0.1, -0.05) is 32.1 Å². The predicted molar refractivity (Wildman–Crippen MR) is 97.0 cm³/mol. The fourth-order valence-electron chi connectivity index (χ4n) is 3.96. The zero-order chi connectivity index (χ0) is 17.6. The van der Waals surface area contributed by atoms with Crippen LogP contribution in [-0.4, -0.2) is 37.7 Å². The number of fused-ring (bicyclic) bond motifs is 1. The number of thiazole rings is 1. The first-order chi connectivity index (χ1) is 12.1. The van der Waals surface area contributed by atoms with Gasteiger partial charge in [-0.25, -0.2) is 4.98 Å². The lowest BCUT2D eigenvalue weighted by Gasteiger charge is -2.38. The zero-order valence-corrected chi connectivity index (χ0v) is 15.7. The molecule has 7 heteroatoms. The lowest BCUT2D eigenvalue weighted by molar-refractivity contribution is 0.102. The third-order valence-electron chi connectivity index (χ3n) is 4.88. The maximum Gasteiger partial charge on any atom is 0.230 e. The van der Waals surface area contributed by atoms with Crippen LogP contribution in [0.15, 0.2) is 22.8 Å². The van der Waals surface area contributed by atoms with Crippen molar-refractivity contribution in [1.29, 1.82) is 0 Å². The molecule has 0 saturated carbocycles. The molecule has 1 aliphatic rings. The quantitative estimate of drug-likeness (QED) is 0.768. The second kappa shape index (κ2) is 6.46. The van der Waals surface area contributed by atoms with Crippen molar-refractivity contribution in [2.45, 2.75) is 39.7 Å². The SMILES string of the molecule is CCc1nc2sc([C@@H](c3ccco3)N3C[C@H](C)C[C@H](C)C3)c(O)n2n1. The van der Waals surface area contributed by atoms with E-state index in [9.17, 15) is 5.11 Å². The van der Waals surface area contributed by atoms with E-state index in [0.29, 0.717) is 11.8 Å². The van der Waals surface area contributed by atoms with Crippen LogP contribution in [0.5, 0.6) is 5.88 Å². The summed E-state index contributed by atoms with van der Waals surface area (Å²) in [5.74, 6) is 3.04. The third kappa shape index (κ3) is 2.95. The van der Waals surface area contributed by atoms with Gasteiger partial charge in [0, 0.05) is 19.5 Å². The lowest BCUT2D eigenvalue weighted by atomic mass is 9.90. The van der Waals surface area contributed by atoms with E-state index in [-0.39, 0.29) is 11.9 Å². The van der Waals surface area contributed by atoms with Gasteiger partial charge in [0.25, 0.3) is 0 Å². The minimum atomic E-state index is -0.0984. The highest BCUT2D eigenvalue weighted by molar-refractivity contribution is 7.17. The summed E-state index contributed by atoms with van der Waals surface area (Å²) in [7, 11) is 0. The van der Waals surface area contributed by atoms with Gasteiger partial charge in [0.05, 0.1) is 11.1 Å². The van der Waals surface area contributed by atoms with Crippen LogP contribution in [0.1, 0.15) is 49.7 Å². The lowest BCUT2D eigenvalue weighted by Crippen LogP contribution is -2.41. The fraction of sp³-hybridized carbons (Fsp3) is 0.556. The highest BCUT2D eigenvalue weighted by Crippen LogP contribution is 2.42. The number of likely N-dealkylation sites (tertiary alicyclic amines) is 1. The summed E-state index contributed by atoms with van der Waals surface area (Å²) in [5.41, 5.74) is 0. The number of piperidine rings is 1. The third-order valence-corrected chi connectivity index (χ3v) is 5.96. The molecule has 4 rings (SSSR count). The fourth-order valence-corrected chi connectivity index (χ4v) is 5.08. The molecule has 1 fully saturated rings. The molecule has 0 radical (unpaired) electrons. The average molecular weight is 360 g/mol. The van der Waals surface area contributed by atoms with Crippen LogP contribution in [-0.2, 0) is 6.42 Å². The number of hydrogen-bond donors (Lipinski definition) is 1. The van der Waals surface area contributed by atoms with Crippen LogP contribution in [0, 0.1) is 11.8 Å². The van der Waals surface area contributed by atoms with Gasteiger partial charge in [0.1, 0.15) is 11.8 Å². The van der Waals surface area contributed by atoms with Gasteiger partial charge in [0.15, 0.2) is 5.82 Å². The Labute approximate surface area is 151 Å². The van der Waals surface area contributed by atoms with Crippen molar-refractivity contribution in [2.75, 3.05) is 13.1 Å². The van der Waals surface area contributed by atoms with Crippen molar-refractivity contribution in [3.8, 4) is 5.88 Å². The molecule has 134 valence electrons. The van der Waals surface area contributed by atoms with Crippen molar-refractivity contribution in [3.63, 3.8) is 0 Å². The van der Waals surface area contributed by atoms with E-state index < -0.39 is 0 Å². The van der Waals surface area contributed by atoms with Crippen LogP contribution in [0.25, 0.3) is 4.96 Å². The van der Waals surface area contributed by atoms with Crippen LogP contribution in [0.3, 0.4) is 0 Å². The molecule has 1 N–H and O–H groups in total. The van der Waals surface area contributed by atoms with Crippen LogP contribution in [0.4, 0.5) is 0 Å². The monoisotopic (exact) mass is 360 g/mol. The van der Waals surface area contributed by atoms with Crippen LogP contribution < -0.4 is 0 Å². The molecule has 1 saturated heterocycles. The first kappa shape index (κ1) is 16.6. The molecule has 25 heavy (non-hydrogen) atoms. The Bertz CT molecular complexity index is 844. The summed E-state index contributed by atoms with van der Waals surface area (Å²) in [6.07, 6.45) is 3.69. The molecule has 0 aliphatic carbocycles. The molecule has 3 aromatic rings. The maximum absolute atomic E-state index is 10.8. The standard InChI is InChI=1S/C18H24N4O2S/c1-4-14-19-18-22(20-14)17(23)16(25-18)15(13-6-5-7-24-13)21-9-11(2)8-12(3)10-21/h5-7,11-12,15,23H,4,8-10H2,1-3H3/t11-,12+,15-/m1/s1. The van der Waals surface area contributed by atoms with Gasteiger partial charge in [-0.2, -0.15) is 4.52 Å². The highest BCUT2D eigenvalue weighted by atomic mass is 32.1. The van der Waals surface area contributed by atoms with Crippen molar-refractivity contribution < 1.29 is 9.52 Å². The number of furan rings is 1. The predicted octanol–water partition coefficient (Wildman–Crippen LogP) is 3.72. The van der Waals surface area contributed by atoms with Gasteiger partial charge in [0.2, 0.25) is 10.8 Å². The summed E-state index contributed by atoms with van der Waals surface area (Å²) in [6, 6.07) is 3.79. The Morgan fingerprint density at radius 2 is 2.12 bits per heavy atom. The van der Waals surface area contributed by atoms with E-state index in [1.807, 2.05) is 19.1 Å². The van der Waals surface area contributed by atoms with Crippen molar-refractivity contribution in [2.24, 2.45) is 11.8 Å². The van der Waals surface area contributed by atoms with Crippen LogP contribution in [0.2, 0.25) is 0 Å². The summed E-state index contributed by atoms with van der Waals surface area (Å²) < 4.78 is 7.31. The van der Waals surface area contributed by atoms with Gasteiger partial charge in [-0.3, -0.25) is 4.90 Å². The molecule has 3 atom stereocenters. The van der Waals surface area contributed by atoms with E-state index in [4.69, 9.17) is 4.42 Å². The Hall–Kier alpha value is -1.86. The number of aromatic hydroxyl groups is 1. The first-order valence-electron chi connectivity index (χ1n) is 8.91. The van der Waals surface area contributed by atoms with E-state index in [1.54, 1.807) is 10.8 Å². The van der Waals surface area contributed by atoms with Gasteiger partial charge in [-0.15, -0.1) is 5.10 Å². The number of hydrogen-bond acceptors (Lipinski definition) is 6. The normalized spacial score (nSPS) is 23.3. The summed E-state index contributed by atoms with van der Waals surface area (Å²) in [4.78, 5) is 8.52.